The third-order valence-corrected chi connectivity index (χ3v) is 6.90. The van der Waals surface area contributed by atoms with Gasteiger partial charge in [0, 0.05) is 53.6 Å². The molecule has 186 valence electrons. The largest absolute Gasteiger partial charge is 0.336 e. The van der Waals surface area contributed by atoms with Crippen molar-refractivity contribution in [2.75, 3.05) is 5.32 Å². The third-order valence-electron chi connectivity index (χ3n) is 6.90. The van der Waals surface area contributed by atoms with Crippen LogP contribution in [0.5, 0.6) is 0 Å². The Hall–Kier alpha value is -5.06. The molecule has 1 aliphatic carbocycles. The molecule has 6 heterocycles. The van der Waals surface area contributed by atoms with Crippen LogP contribution in [0.3, 0.4) is 0 Å². The molecule has 38 heavy (non-hydrogen) atoms. The molecule has 1 aliphatic rings. The van der Waals surface area contributed by atoms with E-state index in [1.807, 2.05) is 12.1 Å². The molecule has 0 atom stereocenters. The quantitative estimate of drug-likeness (QED) is 0.303. The summed E-state index contributed by atoms with van der Waals surface area (Å²) in [6.45, 7) is 0. The second-order valence-corrected chi connectivity index (χ2v) is 9.24. The number of H-pyrrole nitrogens is 2. The Bertz CT molecular complexity index is 1830. The second-order valence-electron chi connectivity index (χ2n) is 9.24. The number of carbonyl (C=O) groups excluding carboxylic acids is 1. The highest BCUT2D eigenvalue weighted by molar-refractivity contribution is 5.97. The minimum Gasteiger partial charge on any atom is -0.336 e. The van der Waals surface area contributed by atoms with Crippen LogP contribution in [0.15, 0.2) is 61.4 Å². The van der Waals surface area contributed by atoms with E-state index < -0.39 is 5.82 Å². The van der Waals surface area contributed by atoms with Crippen LogP contribution < -0.4 is 5.32 Å². The number of nitrogens with zero attached hydrogens (tertiary/aromatic N) is 6. The Labute approximate surface area is 214 Å². The van der Waals surface area contributed by atoms with Crippen LogP contribution >= 0.6 is 0 Å². The SMILES string of the molecule is O=C(Nc1cncc(-c2cnc3[nH]nc(-c4nc5c(-c6ccncc6)nccc5[nH]4)c3c2F)c1)C1CCC1. The van der Waals surface area contributed by atoms with Crippen LogP contribution in [0.2, 0.25) is 0 Å². The van der Waals surface area contributed by atoms with Crippen LogP contribution in [0, 0.1) is 11.7 Å². The highest BCUT2D eigenvalue weighted by Crippen LogP contribution is 2.34. The van der Waals surface area contributed by atoms with E-state index in [-0.39, 0.29) is 28.4 Å². The monoisotopic (exact) mass is 505 g/mol. The molecule has 1 fully saturated rings. The summed E-state index contributed by atoms with van der Waals surface area (Å²) in [5.41, 5.74) is 4.74. The summed E-state index contributed by atoms with van der Waals surface area (Å²) in [4.78, 5) is 37.5. The zero-order chi connectivity index (χ0) is 25.6. The zero-order valence-corrected chi connectivity index (χ0v) is 19.9. The van der Waals surface area contributed by atoms with Crippen molar-refractivity contribution in [3.05, 3.63) is 67.3 Å². The standard InChI is InChI=1S/C27H20FN9O/c28-21-18(16-10-17(12-30-11-16)33-27(38)15-2-1-3-15)13-32-25-20(21)24(36-37-25)26-34-19-6-9-31-22(23(19)35-26)14-4-7-29-8-5-14/h4-13,15H,1-3H2,(H,33,38)(H,34,35)(H,32,36,37). The van der Waals surface area contributed by atoms with Gasteiger partial charge in [-0.15, -0.1) is 0 Å². The smallest absolute Gasteiger partial charge is 0.227 e. The molecule has 7 rings (SSSR count). The average molecular weight is 506 g/mol. The van der Waals surface area contributed by atoms with Crippen LogP contribution in [-0.2, 0) is 4.79 Å². The lowest BCUT2D eigenvalue weighted by Crippen LogP contribution is -2.28. The topological polar surface area (TPSA) is 138 Å². The first-order valence-corrected chi connectivity index (χ1v) is 12.2. The molecule has 0 aliphatic heterocycles. The lowest BCUT2D eigenvalue weighted by molar-refractivity contribution is -0.122. The van der Waals surface area contributed by atoms with Crippen molar-refractivity contribution >= 4 is 33.7 Å². The first kappa shape index (κ1) is 22.2. The van der Waals surface area contributed by atoms with Crippen molar-refractivity contribution in [3.8, 4) is 33.9 Å². The Morgan fingerprint density at radius 3 is 2.66 bits per heavy atom. The van der Waals surface area contributed by atoms with E-state index in [0.717, 1.165) is 30.3 Å². The van der Waals surface area contributed by atoms with E-state index in [1.165, 1.54) is 6.20 Å². The summed E-state index contributed by atoms with van der Waals surface area (Å²) in [5, 5.41) is 10.2. The van der Waals surface area contributed by atoms with Gasteiger partial charge in [0.2, 0.25) is 5.91 Å². The molecular weight excluding hydrogens is 485 g/mol. The minimum atomic E-state index is -0.518. The van der Waals surface area contributed by atoms with Gasteiger partial charge in [-0.1, -0.05) is 6.42 Å². The number of nitrogens with one attached hydrogen (secondary N) is 3. The van der Waals surface area contributed by atoms with Crippen molar-refractivity contribution in [2.45, 2.75) is 19.3 Å². The van der Waals surface area contributed by atoms with Crippen molar-refractivity contribution < 1.29 is 9.18 Å². The van der Waals surface area contributed by atoms with Crippen LogP contribution in [0.25, 0.3) is 56.0 Å². The molecule has 1 amide bonds. The number of amides is 1. The molecule has 0 unspecified atom stereocenters. The first-order chi connectivity index (χ1) is 18.7. The Balaban J connectivity index is 1.30. The first-order valence-electron chi connectivity index (χ1n) is 12.2. The van der Waals surface area contributed by atoms with E-state index in [0.29, 0.717) is 34.0 Å². The maximum absolute atomic E-state index is 16.0. The van der Waals surface area contributed by atoms with Crippen molar-refractivity contribution in [3.63, 3.8) is 0 Å². The molecule has 1 saturated carbocycles. The number of aromatic amines is 2. The normalized spacial score (nSPS) is 13.6. The van der Waals surface area contributed by atoms with Crippen LogP contribution in [-0.4, -0.2) is 46.0 Å². The van der Waals surface area contributed by atoms with Gasteiger partial charge in [0.1, 0.15) is 17.0 Å². The number of hydrogen-bond donors (Lipinski definition) is 3. The molecule has 10 nitrogen and oxygen atoms in total. The summed E-state index contributed by atoms with van der Waals surface area (Å²) in [7, 11) is 0. The molecule has 6 aromatic heterocycles. The summed E-state index contributed by atoms with van der Waals surface area (Å²) >= 11 is 0. The molecule has 0 bridgehead atoms. The van der Waals surface area contributed by atoms with Crippen molar-refractivity contribution in [2.24, 2.45) is 5.92 Å². The third kappa shape index (κ3) is 3.67. The molecule has 0 saturated heterocycles. The van der Waals surface area contributed by atoms with E-state index >= 15 is 4.39 Å². The van der Waals surface area contributed by atoms with E-state index in [1.54, 1.807) is 43.1 Å². The number of halogens is 1. The summed E-state index contributed by atoms with van der Waals surface area (Å²) in [6, 6.07) is 7.21. The molecule has 6 aromatic rings. The summed E-state index contributed by atoms with van der Waals surface area (Å²) < 4.78 is 16.0. The lowest BCUT2D eigenvalue weighted by Gasteiger charge is -2.24. The van der Waals surface area contributed by atoms with Gasteiger partial charge in [-0.2, -0.15) is 5.10 Å². The van der Waals surface area contributed by atoms with Gasteiger partial charge in [0.25, 0.3) is 0 Å². The predicted octanol–water partition coefficient (Wildman–Crippen LogP) is 4.90. The van der Waals surface area contributed by atoms with Crippen LogP contribution in [0.4, 0.5) is 10.1 Å². The highest BCUT2D eigenvalue weighted by atomic mass is 19.1. The number of rotatable bonds is 5. The number of imidazole rings is 1. The number of fused-ring (bicyclic) bond motifs is 2. The number of hydrogen-bond acceptors (Lipinski definition) is 7. The Morgan fingerprint density at radius 2 is 1.84 bits per heavy atom. The van der Waals surface area contributed by atoms with Gasteiger partial charge in [0.05, 0.1) is 28.5 Å². The Kier molecular flexibility index (Phi) is 5.13. The van der Waals surface area contributed by atoms with E-state index in [4.69, 9.17) is 4.98 Å². The average Bonchev–Trinajstić information content (AvgIpc) is 3.53. The van der Waals surface area contributed by atoms with Crippen molar-refractivity contribution in [1.29, 1.82) is 0 Å². The van der Waals surface area contributed by atoms with Crippen LogP contribution in [0.1, 0.15) is 19.3 Å². The van der Waals surface area contributed by atoms with Crippen molar-refractivity contribution in [1.82, 2.24) is 40.1 Å². The fraction of sp³-hybridized carbons (Fsp3) is 0.148. The molecule has 3 N–H and O–H groups in total. The maximum Gasteiger partial charge on any atom is 0.227 e. The number of carbonyl (C=O) groups is 1. The van der Waals surface area contributed by atoms with Gasteiger partial charge in [-0.05, 0) is 37.1 Å². The molecule has 0 spiro atoms. The predicted molar refractivity (Wildman–Crippen MR) is 139 cm³/mol. The highest BCUT2D eigenvalue weighted by Gasteiger charge is 2.26. The fourth-order valence-corrected chi connectivity index (χ4v) is 4.67. The van der Waals surface area contributed by atoms with Gasteiger partial charge in [-0.25, -0.2) is 14.4 Å². The van der Waals surface area contributed by atoms with E-state index in [2.05, 4.69) is 40.4 Å². The number of aromatic nitrogens is 8. The van der Waals surface area contributed by atoms with Gasteiger partial charge in [0.15, 0.2) is 11.5 Å². The zero-order valence-electron chi connectivity index (χ0n) is 19.9. The summed E-state index contributed by atoms with van der Waals surface area (Å²) in [5.74, 6) is -0.144. The number of pyridine rings is 4. The maximum atomic E-state index is 16.0. The minimum absolute atomic E-state index is 0.0278. The molecule has 0 radical (unpaired) electrons. The second kappa shape index (κ2) is 8.80. The van der Waals surface area contributed by atoms with Gasteiger partial charge in [-0.3, -0.25) is 24.8 Å². The molecular formula is C27H20FN9O. The summed E-state index contributed by atoms with van der Waals surface area (Å²) in [6.07, 6.45) is 12.4. The fourth-order valence-electron chi connectivity index (χ4n) is 4.67. The number of anilines is 1. The van der Waals surface area contributed by atoms with E-state index in [9.17, 15) is 4.79 Å². The Morgan fingerprint density at radius 1 is 0.974 bits per heavy atom. The molecule has 0 aromatic carbocycles. The lowest BCUT2D eigenvalue weighted by atomic mass is 9.85. The molecule has 11 heteroatoms. The van der Waals surface area contributed by atoms with Gasteiger partial charge < -0.3 is 10.3 Å². The van der Waals surface area contributed by atoms with Gasteiger partial charge >= 0.3 is 0 Å².